The van der Waals surface area contributed by atoms with Crippen LogP contribution in [-0.2, 0) is 0 Å². The second-order valence-electron chi connectivity index (χ2n) is 6.48. The lowest BCUT2D eigenvalue weighted by molar-refractivity contribution is 0.319. The van der Waals surface area contributed by atoms with Gasteiger partial charge in [0.1, 0.15) is 17.9 Å². The fourth-order valence-corrected chi connectivity index (χ4v) is 3.39. The highest BCUT2D eigenvalue weighted by atomic mass is 35.5. The zero-order chi connectivity index (χ0) is 16.6. The average molecular weight is 348 g/mol. The van der Waals surface area contributed by atoms with Crippen molar-refractivity contribution >= 4 is 28.3 Å². The molecule has 1 aliphatic rings. The van der Waals surface area contributed by atoms with Crippen LogP contribution in [0.2, 0.25) is 0 Å². The van der Waals surface area contributed by atoms with Crippen LogP contribution < -0.4 is 10.1 Å². The van der Waals surface area contributed by atoms with Crippen LogP contribution >= 0.6 is 11.6 Å². The number of ether oxygens (including phenoxy) is 1. The number of aromatic nitrogens is 2. The van der Waals surface area contributed by atoms with Gasteiger partial charge in [-0.05, 0) is 37.5 Å². The number of hydrogen-bond donors (Lipinski definition) is 1. The van der Waals surface area contributed by atoms with Crippen LogP contribution in [0.1, 0.15) is 51.4 Å². The molecule has 4 nitrogen and oxygen atoms in total. The number of rotatable bonds is 6. The first-order chi connectivity index (χ1) is 11.9. The Labute approximate surface area is 149 Å². The van der Waals surface area contributed by atoms with E-state index in [4.69, 9.17) is 16.3 Å². The van der Waals surface area contributed by atoms with Crippen molar-refractivity contribution in [3.05, 3.63) is 24.5 Å². The van der Waals surface area contributed by atoms with Crippen molar-refractivity contribution < 1.29 is 4.74 Å². The molecular weight excluding hydrogens is 322 g/mol. The van der Waals surface area contributed by atoms with E-state index in [-0.39, 0.29) is 0 Å². The maximum Gasteiger partial charge on any atom is 0.137 e. The molecule has 0 aliphatic heterocycles. The van der Waals surface area contributed by atoms with Crippen LogP contribution in [0.4, 0.5) is 5.82 Å². The first-order valence-electron chi connectivity index (χ1n) is 9.07. The van der Waals surface area contributed by atoms with Gasteiger partial charge >= 0.3 is 0 Å². The van der Waals surface area contributed by atoms with Gasteiger partial charge in [0.15, 0.2) is 0 Å². The first-order valence-corrected chi connectivity index (χ1v) is 9.60. The normalized spacial score (nSPS) is 16.5. The molecule has 0 bridgehead atoms. The van der Waals surface area contributed by atoms with Gasteiger partial charge in [0.05, 0.1) is 12.1 Å². The number of nitrogens with one attached hydrogen (secondary N) is 1. The van der Waals surface area contributed by atoms with Crippen molar-refractivity contribution in [3.63, 3.8) is 0 Å². The highest BCUT2D eigenvalue weighted by Gasteiger charge is 2.14. The zero-order valence-corrected chi connectivity index (χ0v) is 14.9. The molecule has 1 aromatic carbocycles. The van der Waals surface area contributed by atoms with Crippen LogP contribution in [0.3, 0.4) is 0 Å². The third-order valence-corrected chi connectivity index (χ3v) is 4.87. The van der Waals surface area contributed by atoms with Crippen molar-refractivity contribution in [3.8, 4) is 5.75 Å². The van der Waals surface area contributed by atoms with E-state index in [1.54, 1.807) is 6.33 Å². The van der Waals surface area contributed by atoms with E-state index in [1.165, 1.54) is 44.9 Å². The van der Waals surface area contributed by atoms with E-state index in [1.807, 2.05) is 18.2 Å². The maximum atomic E-state index is 5.77. The summed E-state index contributed by atoms with van der Waals surface area (Å²) in [5.74, 6) is 2.39. The summed E-state index contributed by atoms with van der Waals surface area (Å²) >= 11 is 5.71. The Morgan fingerprint density at radius 2 is 1.88 bits per heavy atom. The summed E-state index contributed by atoms with van der Waals surface area (Å²) in [7, 11) is 0. The van der Waals surface area contributed by atoms with Crippen molar-refractivity contribution in [2.24, 2.45) is 0 Å². The van der Waals surface area contributed by atoms with Gasteiger partial charge in [-0.1, -0.05) is 32.1 Å². The molecule has 3 rings (SSSR count). The molecular formula is C19H26ClN3O. The Bertz CT molecular complexity index is 642. The topological polar surface area (TPSA) is 47.0 Å². The Morgan fingerprint density at radius 1 is 1.08 bits per heavy atom. The second kappa shape index (κ2) is 9.07. The van der Waals surface area contributed by atoms with Gasteiger partial charge in [-0.15, -0.1) is 11.6 Å². The Kier molecular flexibility index (Phi) is 6.53. The van der Waals surface area contributed by atoms with Crippen LogP contribution in [0.5, 0.6) is 5.75 Å². The molecule has 1 aliphatic carbocycles. The number of benzene rings is 1. The monoisotopic (exact) mass is 347 g/mol. The molecule has 1 heterocycles. The lowest BCUT2D eigenvalue weighted by Crippen LogP contribution is -2.21. The lowest BCUT2D eigenvalue weighted by atomic mass is 9.96. The largest absolute Gasteiger partial charge is 0.494 e. The molecule has 1 N–H and O–H groups in total. The molecule has 0 radical (unpaired) electrons. The van der Waals surface area contributed by atoms with Crippen LogP contribution in [0.25, 0.3) is 10.9 Å². The van der Waals surface area contributed by atoms with E-state index in [0.29, 0.717) is 18.5 Å². The molecule has 0 saturated heterocycles. The molecule has 24 heavy (non-hydrogen) atoms. The number of fused-ring (bicyclic) bond motifs is 1. The number of anilines is 1. The molecule has 0 atom stereocenters. The third-order valence-electron chi connectivity index (χ3n) is 4.60. The molecule has 1 fully saturated rings. The summed E-state index contributed by atoms with van der Waals surface area (Å²) < 4.78 is 5.77. The SMILES string of the molecule is ClCCCOc1ccc2ncnc(NC3CCCCCCC3)c2c1. The molecule has 0 spiro atoms. The Balaban J connectivity index is 1.76. The predicted molar refractivity (Wildman–Crippen MR) is 100 cm³/mol. The molecule has 1 aromatic heterocycles. The van der Waals surface area contributed by atoms with E-state index >= 15 is 0 Å². The second-order valence-corrected chi connectivity index (χ2v) is 6.86. The minimum absolute atomic E-state index is 0.504. The fraction of sp³-hybridized carbons (Fsp3) is 0.579. The molecule has 2 aromatic rings. The average Bonchev–Trinajstić information content (AvgIpc) is 2.58. The smallest absolute Gasteiger partial charge is 0.137 e. The molecule has 0 amide bonds. The molecule has 5 heteroatoms. The predicted octanol–water partition coefficient (Wildman–Crippen LogP) is 5.16. The minimum atomic E-state index is 0.504. The van der Waals surface area contributed by atoms with Crippen LogP contribution in [0.15, 0.2) is 24.5 Å². The van der Waals surface area contributed by atoms with Gasteiger partial charge in [0, 0.05) is 17.3 Å². The first kappa shape index (κ1) is 17.3. The molecule has 1 saturated carbocycles. The van der Waals surface area contributed by atoms with Gasteiger partial charge in [0.2, 0.25) is 0 Å². The van der Waals surface area contributed by atoms with Crippen molar-refractivity contribution in [1.82, 2.24) is 9.97 Å². The maximum absolute atomic E-state index is 5.77. The summed E-state index contributed by atoms with van der Waals surface area (Å²) in [5, 5.41) is 4.69. The number of halogens is 1. The summed E-state index contributed by atoms with van der Waals surface area (Å²) in [4.78, 5) is 8.87. The highest BCUT2D eigenvalue weighted by Crippen LogP contribution is 2.27. The van der Waals surface area contributed by atoms with E-state index < -0.39 is 0 Å². The lowest BCUT2D eigenvalue weighted by Gasteiger charge is -2.22. The fourth-order valence-electron chi connectivity index (χ4n) is 3.28. The summed E-state index contributed by atoms with van der Waals surface area (Å²) in [6.45, 7) is 0.633. The van der Waals surface area contributed by atoms with Crippen molar-refractivity contribution in [1.29, 1.82) is 0 Å². The van der Waals surface area contributed by atoms with E-state index in [0.717, 1.165) is 28.9 Å². The van der Waals surface area contributed by atoms with Gasteiger partial charge in [-0.2, -0.15) is 0 Å². The summed E-state index contributed by atoms with van der Waals surface area (Å²) in [6, 6.07) is 6.50. The Morgan fingerprint density at radius 3 is 2.67 bits per heavy atom. The van der Waals surface area contributed by atoms with Gasteiger partial charge in [-0.25, -0.2) is 9.97 Å². The zero-order valence-electron chi connectivity index (χ0n) is 14.1. The van der Waals surface area contributed by atoms with Crippen molar-refractivity contribution in [2.75, 3.05) is 17.8 Å². The summed E-state index contributed by atoms with van der Waals surface area (Å²) in [6.07, 6.45) is 11.6. The van der Waals surface area contributed by atoms with Crippen LogP contribution in [-0.4, -0.2) is 28.5 Å². The highest BCUT2D eigenvalue weighted by molar-refractivity contribution is 6.17. The molecule has 0 unspecified atom stereocenters. The number of nitrogens with zero attached hydrogens (tertiary/aromatic N) is 2. The van der Waals surface area contributed by atoms with Gasteiger partial charge in [-0.3, -0.25) is 0 Å². The third kappa shape index (κ3) is 4.73. The Hall–Kier alpha value is -1.55. The molecule has 130 valence electrons. The number of alkyl halides is 1. The quantitative estimate of drug-likeness (QED) is 0.579. The van der Waals surface area contributed by atoms with Gasteiger partial charge < -0.3 is 10.1 Å². The van der Waals surface area contributed by atoms with Gasteiger partial charge in [0.25, 0.3) is 0 Å². The summed E-state index contributed by atoms with van der Waals surface area (Å²) in [5.41, 5.74) is 0.947. The van der Waals surface area contributed by atoms with Crippen molar-refractivity contribution in [2.45, 2.75) is 57.4 Å². The standard InChI is InChI=1S/C19H26ClN3O/c20-11-6-12-24-16-9-10-18-17(13-16)19(22-14-21-18)23-15-7-4-2-1-3-5-8-15/h9-10,13-15H,1-8,11-12H2,(H,21,22,23). The van der Waals surface area contributed by atoms with E-state index in [9.17, 15) is 0 Å². The minimum Gasteiger partial charge on any atom is -0.494 e. The number of hydrogen-bond acceptors (Lipinski definition) is 4. The van der Waals surface area contributed by atoms with Crippen LogP contribution in [0, 0.1) is 0 Å². The van der Waals surface area contributed by atoms with E-state index in [2.05, 4.69) is 15.3 Å².